The minimum atomic E-state index is -0.656. The van der Waals surface area contributed by atoms with Crippen molar-refractivity contribution >= 4 is 51.1 Å². The van der Waals surface area contributed by atoms with Crippen LogP contribution in [0.5, 0.6) is 0 Å². The number of ether oxygens (including phenoxy) is 2. The van der Waals surface area contributed by atoms with Crippen LogP contribution in [0.4, 0.5) is 11.4 Å². The first kappa shape index (κ1) is 25.1. The highest BCUT2D eigenvalue weighted by Gasteiger charge is 2.12. The second kappa shape index (κ2) is 13.3. The van der Waals surface area contributed by atoms with Crippen molar-refractivity contribution in [2.24, 2.45) is 0 Å². The number of benzene rings is 2. The van der Waals surface area contributed by atoms with Crippen LogP contribution in [0, 0.1) is 0 Å². The fourth-order valence-electron chi connectivity index (χ4n) is 2.47. The molecule has 0 heterocycles. The summed E-state index contributed by atoms with van der Waals surface area (Å²) < 4.78 is 10.9. The molecule has 32 heavy (non-hydrogen) atoms. The molecule has 2 rings (SSSR count). The molecule has 170 valence electrons. The van der Waals surface area contributed by atoms with E-state index in [1.54, 1.807) is 48.5 Å². The Morgan fingerprint density at radius 3 is 2.03 bits per heavy atom. The number of carbonyl (C=O) groups is 4. The first-order valence-electron chi connectivity index (χ1n) is 10.2. The maximum atomic E-state index is 12.0. The van der Waals surface area contributed by atoms with Crippen molar-refractivity contribution in [2.75, 3.05) is 23.8 Å². The van der Waals surface area contributed by atoms with Crippen molar-refractivity contribution in [3.05, 3.63) is 58.6 Å². The smallest absolute Gasteiger partial charge is 0.338 e. The van der Waals surface area contributed by atoms with E-state index < -0.39 is 24.5 Å². The number of anilines is 2. The van der Waals surface area contributed by atoms with E-state index in [1.165, 1.54) is 0 Å². The summed E-state index contributed by atoms with van der Waals surface area (Å²) >= 11 is 3.31. The van der Waals surface area contributed by atoms with Crippen LogP contribution in [0.25, 0.3) is 0 Å². The molecule has 0 aliphatic heterocycles. The van der Waals surface area contributed by atoms with Gasteiger partial charge in [-0.3, -0.25) is 14.4 Å². The van der Waals surface area contributed by atoms with Gasteiger partial charge in [0.2, 0.25) is 5.91 Å². The molecule has 0 unspecified atom stereocenters. The second-order valence-corrected chi connectivity index (χ2v) is 7.75. The molecule has 0 aromatic heterocycles. The van der Waals surface area contributed by atoms with Gasteiger partial charge in [-0.15, -0.1) is 0 Å². The number of hydrogen-bond donors (Lipinski definition) is 2. The van der Waals surface area contributed by atoms with Crippen LogP contribution in [0.2, 0.25) is 0 Å². The molecule has 0 fully saturated rings. The number of halogens is 1. The van der Waals surface area contributed by atoms with E-state index >= 15 is 0 Å². The van der Waals surface area contributed by atoms with Crippen LogP contribution in [-0.2, 0) is 23.9 Å². The normalized spacial score (nSPS) is 10.2. The largest absolute Gasteiger partial charge is 0.462 e. The molecule has 2 N–H and O–H groups in total. The molecule has 2 amide bonds. The van der Waals surface area contributed by atoms with Crippen LogP contribution in [-0.4, -0.2) is 37.0 Å². The number of unbranched alkanes of at least 4 members (excludes halogenated alkanes) is 1. The molecule has 0 spiro atoms. The summed E-state index contributed by atoms with van der Waals surface area (Å²) in [6, 6.07) is 13.2. The highest BCUT2D eigenvalue weighted by atomic mass is 79.9. The van der Waals surface area contributed by atoms with E-state index in [9.17, 15) is 19.2 Å². The number of nitrogens with one attached hydrogen (secondary N) is 2. The molecule has 0 saturated heterocycles. The summed E-state index contributed by atoms with van der Waals surface area (Å²) in [6.07, 6.45) is 1.52. The topological polar surface area (TPSA) is 111 Å². The van der Waals surface area contributed by atoms with Gasteiger partial charge in [0, 0.05) is 22.3 Å². The van der Waals surface area contributed by atoms with Gasteiger partial charge in [0.25, 0.3) is 5.91 Å². The van der Waals surface area contributed by atoms with Gasteiger partial charge in [0.15, 0.2) is 6.61 Å². The number of amides is 2. The maximum absolute atomic E-state index is 12.0. The third kappa shape index (κ3) is 9.30. The van der Waals surface area contributed by atoms with Gasteiger partial charge in [-0.1, -0.05) is 29.3 Å². The molecule has 2 aromatic carbocycles. The van der Waals surface area contributed by atoms with Gasteiger partial charge in [-0.2, -0.15) is 0 Å². The Hall–Kier alpha value is -3.20. The van der Waals surface area contributed by atoms with Crippen LogP contribution in [0.1, 0.15) is 43.0 Å². The molecule has 2 aromatic rings. The monoisotopic (exact) mass is 504 g/mol. The Balaban J connectivity index is 1.67. The van der Waals surface area contributed by atoms with Crippen LogP contribution in [0.3, 0.4) is 0 Å². The van der Waals surface area contributed by atoms with E-state index in [2.05, 4.69) is 26.6 Å². The molecule has 0 atom stereocenters. The molecule has 0 radical (unpaired) electrons. The number of hydrogen-bond acceptors (Lipinski definition) is 6. The Morgan fingerprint density at radius 2 is 1.41 bits per heavy atom. The lowest BCUT2D eigenvalue weighted by molar-refractivity contribution is -0.147. The number of rotatable bonds is 11. The molecule has 0 aliphatic rings. The van der Waals surface area contributed by atoms with Crippen LogP contribution < -0.4 is 10.6 Å². The molecule has 8 nitrogen and oxygen atoms in total. The molecule has 9 heteroatoms. The Labute approximate surface area is 194 Å². The summed E-state index contributed by atoms with van der Waals surface area (Å²) in [6.45, 7) is 1.89. The standard InChI is InChI=1S/C23H25BrN2O6/c1-2-3-14-31-23(30)16-4-8-18(9-5-16)26-21(28)15-32-22(29)13-12-20(27)25-19-10-6-17(24)7-11-19/h4-11H,2-3,12-15H2,1H3,(H,25,27)(H,26,28). The Bertz CT molecular complexity index is 929. The van der Waals surface area contributed by atoms with Crippen molar-refractivity contribution in [3.8, 4) is 0 Å². The Kier molecular flexibility index (Phi) is 10.4. The fourth-order valence-corrected chi connectivity index (χ4v) is 2.73. The quantitative estimate of drug-likeness (QED) is 0.348. The molecule has 0 bridgehead atoms. The number of esters is 2. The highest BCUT2D eigenvalue weighted by Crippen LogP contribution is 2.14. The van der Waals surface area contributed by atoms with Crippen molar-refractivity contribution in [3.63, 3.8) is 0 Å². The van der Waals surface area contributed by atoms with Crippen LogP contribution in [0.15, 0.2) is 53.0 Å². The average Bonchev–Trinajstić information content (AvgIpc) is 2.78. The van der Waals surface area contributed by atoms with E-state index in [1.807, 2.05) is 6.92 Å². The second-order valence-electron chi connectivity index (χ2n) is 6.83. The van der Waals surface area contributed by atoms with Crippen LogP contribution >= 0.6 is 15.9 Å². The van der Waals surface area contributed by atoms with Gasteiger partial charge in [0.1, 0.15) is 0 Å². The zero-order chi connectivity index (χ0) is 23.3. The minimum absolute atomic E-state index is 0.0632. The minimum Gasteiger partial charge on any atom is -0.462 e. The summed E-state index contributed by atoms with van der Waals surface area (Å²) in [7, 11) is 0. The molecular formula is C23H25BrN2O6. The average molecular weight is 505 g/mol. The highest BCUT2D eigenvalue weighted by molar-refractivity contribution is 9.10. The molecular weight excluding hydrogens is 480 g/mol. The van der Waals surface area contributed by atoms with Crippen molar-refractivity contribution < 1.29 is 28.7 Å². The third-order valence-corrected chi connectivity index (χ3v) is 4.71. The van der Waals surface area contributed by atoms with E-state index in [-0.39, 0.29) is 18.7 Å². The molecule has 0 aliphatic carbocycles. The lowest BCUT2D eigenvalue weighted by Crippen LogP contribution is -2.21. The summed E-state index contributed by atoms with van der Waals surface area (Å²) in [5.41, 5.74) is 1.45. The third-order valence-electron chi connectivity index (χ3n) is 4.18. The van der Waals surface area contributed by atoms with Gasteiger partial charge in [-0.05, 0) is 55.0 Å². The maximum Gasteiger partial charge on any atom is 0.338 e. The zero-order valence-electron chi connectivity index (χ0n) is 17.7. The fraction of sp³-hybridized carbons (Fsp3) is 0.304. The van der Waals surface area contributed by atoms with E-state index in [0.717, 1.165) is 17.3 Å². The first-order valence-corrected chi connectivity index (χ1v) is 10.9. The summed E-state index contributed by atoms with van der Waals surface area (Å²) in [5.74, 6) is -1.94. The SMILES string of the molecule is CCCCOC(=O)c1ccc(NC(=O)COC(=O)CCC(=O)Nc2ccc(Br)cc2)cc1. The summed E-state index contributed by atoms with van der Waals surface area (Å²) in [5, 5.41) is 5.24. The molecule has 0 saturated carbocycles. The van der Waals surface area contributed by atoms with Gasteiger partial charge >= 0.3 is 11.9 Å². The lowest BCUT2D eigenvalue weighted by atomic mass is 10.2. The number of carbonyl (C=O) groups excluding carboxylic acids is 4. The lowest BCUT2D eigenvalue weighted by Gasteiger charge is -2.08. The van der Waals surface area contributed by atoms with Crippen molar-refractivity contribution in [1.82, 2.24) is 0 Å². The van der Waals surface area contributed by atoms with E-state index in [0.29, 0.717) is 23.5 Å². The predicted molar refractivity (Wildman–Crippen MR) is 123 cm³/mol. The predicted octanol–water partition coefficient (Wildman–Crippen LogP) is 4.31. The van der Waals surface area contributed by atoms with E-state index in [4.69, 9.17) is 9.47 Å². The summed E-state index contributed by atoms with van der Waals surface area (Å²) in [4.78, 5) is 47.5. The Morgan fingerprint density at radius 1 is 0.812 bits per heavy atom. The van der Waals surface area contributed by atoms with Crippen molar-refractivity contribution in [1.29, 1.82) is 0 Å². The van der Waals surface area contributed by atoms with Gasteiger partial charge in [-0.25, -0.2) is 4.79 Å². The van der Waals surface area contributed by atoms with Gasteiger partial charge in [0.05, 0.1) is 18.6 Å². The van der Waals surface area contributed by atoms with Crippen molar-refractivity contribution in [2.45, 2.75) is 32.6 Å². The van der Waals surface area contributed by atoms with Gasteiger partial charge < -0.3 is 20.1 Å². The first-order chi connectivity index (χ1) is 15.4. The zero-order valence-corrected chi connectivity index (χ0v) is 19.3.